The normalized spacial score (nSPS) is 10.4. The number of aromatic nitrogens is 6. The molecule has 0 aliphatic carbocycles. The first-order valence-electron chi connectivity index (χ1n) is 9.08. The van der Waals surface area contributed by atoms with Gasteiger partial charge in [-0.1, -0.05) is 0 Å². The molecule has 0 saturated carbocycles. The molecule has 0 saturated heterocycles. The molecule has 0 radical (unpaired) electrons. The molecule has 0 fully saturated rings. The second-order valence-corrected chi connectivity index (χ2v) is 6.48. The Hall–Kier alpha value is -4.29. The minimum absolute atomic E-state index is 0.0131. The highest BCUT2D eigenvalue weighted by Gasteiger charge is 2.20. The molecular weight excluding hydrogens is 404 g/mol. The standard InChI is InChI=1S/C18H22N10O3/c1-19-17(29)14-11(8-13(24-25-14)23-18(30)27(2)3)22-16-15(31-5)10(6-7-20-16)12-9-21-28(4)26-12/h6-9H,1-5H3,(H,19,29)(H2,20,22,23,24,30). The monoisotopic (exact) mass is 426 g/mol. The van der Waals surface area contributed by atoms with E-state index in [1.165, 1.54) is 29.9 Å². The zero-order valence-corrected chi connectivity index (χ0v) is 17.7. The van der Waals surface area contributed by atoms with Crippen molar-refractivity contribution in [1.82, 2.24) is 40.4 Å². The van der Waals surface area contributed by atoms with Crippen molar-refractivity contribution in [2.45, 2.75) is 0 Å². The van der Waals surface area contributed by atoms with Crippen molar-refractivity contribution in [2.24, 2.45) is 7.05 Å². The van der Waals surface area contributed by atoms with Gasteiger partial charge in [-0.2, -0.15) is 15.0 Å². The van der Waals surface area contributed by atoms with Crippen LogP contribution in [0.2, 0.25) is 0 Å². The molecule has 162 valence electrons. The second kappa shape index (κ2) is 9.02. The Labute approximate surface area is 177 Å². The summed E-state index contributed by atoms with van der Waals surface area (Å²) in [5.41, 5.74) is 1.52. The third kappa shape index (κ3) is 4.66. The maximum absolute atomic E-state index is 12.3. The van der Waals surface area contributed by atoms with Crippen molar-refractivity contribution in [3.63, 3.8) is 0 Å². The number of pyridine rings is 1. The van der Waals surface area contributed by atoms with Gasteiger partial charge in [0.05, 0.1) is 24.6 Å². The van der Waals surface area contributed by atoms with Gasteiger partial charge in [0.15, 0.2) is 23.1 Å². The number of anilines is 3. The Morgan fingerprint density at radius 2 is 2.00 bits per heavy atom. The summed E-state index contributed by atoms with van der Waals surface area (Å²) in [5, 5.41) is 24.4. The maximum Gasteiger partial charge on any atom is 0.322 e. The van der Waals surface area contributed by atoms with E-state index in [-0.39, 0.29) is 17.2 Å². The van der Waals surface area contributed by atoms with Gasteiger partial charge in [0.1, 0.15) is 5.69 Å². The Morgan fingerprint density at radius 1 is 1.23 bits per heavy atom. The number of carbonyl (C=O) groups is 2. The van der Waals surface area contributed by atoms with Crippen LogP contribution in [0.15, 0.2) is 24.5 Å². The number of methoxy groups -OCH3 is 1. The molecule has 0 aliphatic rings. The van der Waals surface area contributed by atoms with Gasteiger partial charge < -0.3 is 20.3 Å². The summed E-state index contributed by atoms with van der Waals surface area (Å²) in [6, 6.07) is 2.82. The van der Waals surface area contributed by atoms with E-state index in [1.54, 1.807) is 39.6 Å². The summed E-state index contributed by atoms with van der Waals surface area (Å²) >= 11 is 0. The summed E-state index contributed by atoms with van der Waals surface area (Å²) in [6.07, 6.45) is 3.16. The summed E-state index contributed by atoms with van der Waals surface area (Å²) < 4.78 is 5.55. The van der Waals surface area contributed by atoms with Gasteiger partial charge in [-0.15, -0.1) is 10.2 Å². The second-order valence-electron chi connectivity index (χ2n) is 6.48. The molecule has 0 spiro atoms. The predicted molar refractivity (Wildman–Crippen MR) is 112 cm³/mol. The van der Waals surface area contributed by atoms with Gasteiger partial charge in [0, 0.05) is 40.5 Å². The SMILES string of the molecule is CNC(=O)c1nnc(NC(=O)N(C)C)cc1Nc1nccc(-c2cnn(C)n2)c1OC. The molecule has 0 atom stereocenters. The van der Waals surface area contributed by atoms with Crippen LogP contribution >= 0.6 is 0 Å². The Balaban J connectivity index is 2.04. The smallest absolute Gasteiger partial charge is 0.322 e. The lowest BCUT2D eigenvalue weighted by Gasteiger charge is -2.16. The number of hydrogen-bond donors (Lipinski definition) is 3. The van der Waals surface area contributed by atoms with Gasteiger partial charge in [-0.05, 0) is 6.07 Å². The minimum Gasteiger partial charge on any atom is -0.492 e. The predicted octanol–water partition coefficient (Wildman–Crippen LogP) is 0.872. The lowest BCUT2D eigenvalue weighted by atomic mass is 10.2. The number of carbonyl (C=O) groups excluding carboxylic acids is 2. The molecule has 13 nitrogen and oxygen atoms in total. The third-order valence-corrected chi connectivity index (χ3v) is 4.11. The quantitative estimate of drug-likeness (QED) is 0.521. The number of nitrogens with zero attached hydrogens (tertiary/aromatic N) is 7. The first-order chi connectivity index (χ1) is 14.8. The molecule has 31 heavy (non-hydrogen) atoms. The van der Waals surface area contributed by atoms with Crippen LogP contribution in [-0.4, -0.2) is 75.3 Å². The molecule has 0 unspecified atom stereocenters. The van der Waals surface area contributed by atoms with E-state index < -0.39 is 11.9 Å². The Kier molecular flexibility index (Phi) is 6.23. The van der Waals surface area contributed by atoms with Crippen molar-refractivity contribution in [3.05, 3.63) is 30.2 Å². The van der Waals surface area contributed by atoms with E-state index in [0.717, 1.165) is 0 Å². The summed E-state index contributed by atoms with van der Waals surface area (Å²) in [5.74, 6) is 0.387. The molecule has 3 aromatic rings. The van der Waals surface area contributed by atoms with Crippen LogP contribution in [-0.2, 0) is 7.05 Å². The fourth-order valence-electron chi connectivity index (χ4n) is 2.60. The van der Waals surface area contributed by atoms with Crippen molar-refractivity contribution < 1.29 is 14.3 Å². The molecular formula is C18H22N10O3. The number of rotatable bonds is 6. The first-order valence-corrected chi connectivity index (χ1v) is 9.08. The van der Waals surface area contributed by atoms with Gasteiger partial charge >= 0.3 is 6.03 Å². The van der Waals surface area contributed by atoms with Crippen LogP contribution in [0, 0.1) is 0 Å². The van der Waals surface area contributed by atoms with Crippen LogP contribution < -0.4 is 20.7 Å². The summed E-state index contributed by atoms with van der Waals surface area (Å²) in [4.78, 5) is 31.3. The van der Waals surface area contributed by atoms with E-state index in [0.29, 0.717) is 22.8 Å². The number of hydrogen-bond acceptors (Lipinski definition) is 9. The van der Waals surface area contributed by atoms with Crippen molar-refractivity contribution >= 4 is 29.3 Å². The minimum atomic E-state index is -0.468. The molecule has 3 aromatic heterocycles. The van der Waals surface area contributed by atoms with Crippen LogP contribution in [0.1, 0.15) is 10.5 Å². The van der Waals surface area contributed by atoms with Crippen molar-refractivity contribution in [3.8, 4) is 17.0 Å². The molecule has 3 N–H and O–H groups in total. The molecule has 3 rings (SSSR count). The van der Waals surface area contributed by atoms with E-state index in [2.05, 4.69) is 41.3 Å². The Morgan fingerprint density at radius 3 is 2.61 bits per heavy atom. The van der Waals surface area contributed by atoms with E-state index >= 15 is 0 Å². The fourth-order valence-corrected chi connectivity index (χ4v) is 2.60. The number of ether oxygens (including phenoxy) is 1. The van der Waals surface area contributed by atoms with E-state index in [9.17, 15) is 9.59 Å². The number of aryl methyl sites for hydroxylation is 1. The summed E-state index contributed by atoms with van der Waals surface area (Å²) in [6.45, 7) is 0. The van der Waals surface area contributed by atoms with Crippen LogP contribution in [0.3, 0.4) is 0 Å². The fraction of sp³-hybridized carbons (Fsp3) is 0.278. The third-order valence-electron chi connectivity index (χ3n) is 4.11. The van der Waals surface area contributed by atoms with Crippen LogP contribution in [0.25, 0.3) is 11.3 Å². The molecule has 0 aromatic carbocycles. The number of amides is 3. The number of urea groups is 1. The zero-order chi connectivity index (χ0) is 22.5. The highest BCUT2D eigenvalue weighted by molar-refractivity contribution is 5.99. The highest BCUT2D eigenvalue weighted by atomic mass is 16.5. The lowest BCUT2D eigenvalue weighted by Crippen LogP contribution is -2.28. The molecule has 0 aliphatic heterocycles. The van der Waals surface area contributed by atoms with E-state index in [4.69, 9.17) is 4.74 Å². The largest absolute Gasteiger partial charge is 0.492 e. The molecule has 3 heterocycles. The van der Waals surface area contributed by atoms with Crippen LogP contribution in [0.4, 0.5) is 22.1 Å². The van der Waals surface area contributed by atoms with Crippen molar-refractivity contribution in [1.29, 1.82) is 0 Å². The van der Waals surface area contributed by atoms with Gasteiger partial charge in [-0.3, -0.25) is 10.1 Å². The molecule has 0 bridgehead atoms. The first kappa shape index (κ1) is 21.4. The molecule has 3 amide bonds. The summed E-state index contributed by atoms with van der Waals surface area (Å²) in [7, 11) is 7.86. The van der Waals surface area contributed by atoms with Crippen LogP contribution in [0.5, 0.6) is 5.75 Å². The average Bonchev–Trinajstić information content (AvgIpc) is 3.19. The Bertz CT molecular complexity index is 1110. The maximum atomic E-state index is 12.3. The highest BCUT2D eigenvalue weighted by Crippen LogP contribution is 2.35. The molecule has 13 heteroatoms. The van der Waals surface area contributed by atoms with E-state index in [1.807, 2.05) is 0 Å². The number of nitrogens with one attached hydrogen (secondary N) is 3. The zero-order valence-electron chi connectivity index (χ0n) is 17.7. The van der Waals surface area contributed by atoms with Gasteiger partial charge in [0.2, 0.25) is 0 Å². The lowest BCUT2D eigenvalue weighted by molar-refractivity contribution is 0.0958. The average molecular weight is 426 g/mol. The van der Waals surface area contributed by atoms with Gasteiger partial charge in [0.25, 0.3) is 5.91 Å². The topological polar surface area (TPSA) is 152 Å². The van der Waals surface area contributed by atoms with Crippen molar-refractivity contribution in [2.75, 3.05) is 38.9 Å². The van der Waals surface area contributed by atoms with Gasteiger partial charge in [-0.25, -0.2) is 9.78 Å².